The van der Waals surface area contributed by atoms with Gasteiger partial charge in [0.25, 0.3) is 0 Å². The molecule has 5 nitrogen and oxygen atoms in total. The third kappa shape index (κ3) is 4.83. The van der Waals surface area contributed by atoms with Gasteiger partial charge in [0, 0.05) is 16.4 Å². The van der Waals surface area contributed by atoms with Crippen molar-refractivity contribution in [3.63, 3.8) is 0 Å². The van der Waals surface area contributed by atoms with Crippen LogP contribution < -0.4 is 10.6 Å². The van der Waals surface area contributed by atoms with E-state index in [1.165, 1.54) is 0 Å². The van der Waals surface area contributed by atoms with E-state index < -0.39 is 11.8 Å². The first-order chi connectivity index (χ1) is 11.0. The molecule has 2 amide bonds. The molecule has 0 bridgehead atoms. The Kier molecular flexibility index (Phi) is 5.34. The Balaban J connectivity index is 1.94. The summed E-state index contributed by atoms with van der Waals surface area (Å²) in [6.45, 7) is 1.81. The number of hydrogen-bond acceptors (Lipinski definition) is 3. The van der Waals surface area contributed by atoms with E-state index in [0.717, 1.165) is 5.56 Å². The molecule has 0 aliphatic rings. The van der Waals surface area contributed by atoms with Crippen LogP contribution in [0, 0.1) is 18.3 Å². The van der Waals surface area contributed by atoms with Gasteiger partial charge in [0.1, 0.15) is 6.42 Å². The van der Waals surface area contributed by atoms with Gasteiger partial charge in [-0.1, -0.05) is 17.7 Å². The zero-order valence-corrected chi connectivity index (χ0v) is 13.1. The Morgan fingerprint density at radius 2 is 1.87 bits per heavy atom. The van der Waals surface area contributed by atoms with Crippen LogP contribution in [0.1, 0.15) is 17.5 Å². The summed E-state index contributed by atoms with van der Waals surface area (Å²) in [6, 6.07) is 13.5. The number of carbonyl (C=O) groups is 2. The molecule has 2 aromatic carbocycles. The number of rotatable bonds is 4. The highest BCUT2D eigenvalue weighted by atomic mass is 35.5. The molecule has 6 heteroatoms. The second kappa shape index (κ2) is 7.43. The van der Waals surface area contributed by atoms with Crippen molar-refractivity contribution in [2.75, 3.05) is 10.6 Å². The largest absolute Gasteiger partial charge is 0.326 e. The van der Waals surface area contributed by atoms with Crippen molar-refractivity contribution in [2.24, 2.45) is 0 Å². The maximum Gasteiger partial charge on any atom is 0.233 e. The van der Waals surface area contributed by atoms with Gasteiger partial charge in [-0.3, -0.25) is 9.59 Å². The van der Waals surface area contributed by atoms with Crippen molar-refractivity contribution in [3.05, 3.63) is 58.6 Å². The number of nitriles is 1. The van der Waals surface area contributed by atoms with Crippen molar-refractivity contribution >= 4 is 34.8 Å². The topological polar surface area (TPSA) is 82.0 Å². The smallest absolute Gasteiger partial charge is 0.233 e. The molecule has 2 aromatic rings. The molecule has 0 radical (unpaired) electrons. The van der Waals surface area contributed by atoms with Gasteiger partial charge in [0.15, 0.2) is 0 Å². The minimum atomic E-state index is -0.454. The Hall–Kier alpha value is -2.84. The van der Waals surface area contributed by atoms with Crippen LogP contribution in [-0.2, 0) is 9.59 Å². The zero-order valence-electron chi connectivity index (χ0n) is 12.4. The zero-order chi connectivity index (χ0) is 16.8. The van der Waals surface area contributed by atoms with Crippen LogP contribution >= 0.6 is 11.6 Å². The van der Waals surface area contributed by atoms with Crippen LogP contribution in [0.25, 0.3) is 0 Å². The van der Waals surface area contributed by atoms with Crippen LogP contribution in [-0.4, -0.2) is 11.8 Å². The van der Waals surface area contributed by atoms with E-state index >= 15 is 0 Å². The molecule has 116 valence electrons. The van der Waals surface area contributed by atoms with Gasteiger partial charge < -0.3 is 10.6 Å². The van der Waals surface area contributed by atoms with E-state index in [1.807, 2.05) is 13.0 Å². The van der Waals surface area contributed by atoms with E-state index in [0.29, 0.717) is 22.0 Å². The lowest BCUT2D eigenvalue weighted by Gasteiger charge is -2.09. The molecular weight excluding hydrogens is 314 g/mol. The number of nitrogens with zero attached hydrogens (tertiary/aromatic N) is 1. The van der Waals surface area contributed by atoms with E-state index in [4.69, 9.17) is 16.9 Å². The normalized spacial score (nSPS) is 9.78. The van der Waals surface area contributed by atoms with Crippen LogP contribution in [0.3, 0.4) is 0 Å². The average Bonchev–Trinajstić information content (AvgIpc) is 2.50. The van der Waals surface area contributed by atoms with E-state index in [2.05, 4.69) is 10.6 Å². The highest BCUT2D eigenvalue weighted by Crippen LogP contribution is 2.19. The summed E-state index contributed by atoms with van der Waals surface area (Å²) in [6.07, 6.45) is -0.321. The Bertz CT molecular complexity index is 797. The van der Waals surface area contributed by atoms with Gasteiger partial charge in [0.2, 0.25) is 11.8 Å². The number of halogens is 1. The molecule has 0 aliphatic heterocycles. The first kappa shape index (κ1) is 16.5. The average molecular weight is 328 g/mol. The first-order valence-corrected chi connectivity index (χ1v) is 7.22. The number of hydrogen-bond donors (Lipinski definition) is 2. The lowest BCUT2D eigenvalue weighted by molar-refractivity contribution is -0.123. The number of amides is 2. The highest BCUT2D eigenvalue weighted by molar-refractivity contribution is 6.30. The molecule has 0 unspecified atom stereocenters. The highest BCUT2D eigenvalue weighted by Gasteiger charge is 2.11. The van der Waals surface area contributed by atoms with Crippen LogP contribution in [0.4, 0.5) is 11.4 Å². The molecule has 0 aromatic heterocycles. The number of anilines is 2. The van der Waals surface area contributed by atoms with E-state index in [-0.39, 0.29) is 6.42 Å². The SMILES string of the molecule is Cc1cc(Cl)ccc1NC(=O)CC(=O)Nc1cccc(C#N)c1. The predicted molar refractivity (Wildman–Crippen MR) is 89.2 cm³/mol. The van der Waals surface area contributed by atoms with Crippen LogP contribution in [0.5, 0.6) is 0 Å². The molecule has 0 spiro atoms. The molecule has 0 fully saturated rings. The van der Waals surface area contributed by atoms with Gasteiger partial charge in [-0.15, -0.1) is 0 Å². The fourth-order valence-corrected chi connectivity index (χ4v) is 2.21. The molecule has 0 saturated heterocycles. The molecule has 0 aliphatic carbocycles. The summed E-state index contributed by atoms with van der Waals surface area (Å²) in [4.78, 5) is 23.8. The van der Waals surface area contributed by atoms with Gasteiger partial charge >= 0.3 is 0 Å². The van der Waals surface area contributed by atoms with Crippen molar-refractivity contribution < 1.29 is 9.59 Å². The summed E-state index contributed by atoms with van der Waals surface area (Å²) in [5.74, 6) is -0.881. The molecule has 2 rings (SSSR count). The lowest BCUT2D eigenvalue weighted by atomic mass is 10.2. The number of carbonyl (C=O) groups excluding carboxylic acids is 2. The van der Waals surface area contributed by atoms with Crippen molar-refractivity contribution in [1.29, 1.82) is 5.26 Å². The quantitative estimate of drug-likeness (QED) is 0.843. The molecular formula is C17H14ClN3O2. The standard InChI is InChI=1S/C17H14ClN3O2/c1-11-7-13(18)5-6-15(11)21-17(23)9-16(22)20-14-4-2-3-12(8-14)10-19/h2-8H,9H2,1H3,(H,20,22)(H,21,23). The van der Waals surface area contributed by atoms with Gasteiger partial charge in [0.05, 0.1) is 11.6 Å². The van der Waals surface area contributed by atoms with Gasteiger partial charge in [-0.2, -0.15) is 5.26 Å². The number of aryl methyl sites for hydroxylation is 1. The first-order valence-electron chi connectivity index (χ1n) is 6.84. The third-order valence-electron chi connectivity index (χ3n) is 3.06. The van der Waals surface area contributed by atoms with Crippen molar-refractivity contribution in [3.8, 4) is 6.07 Å². The minimum absolute atomic E-state index is 0.321. The van der Waals surface area contributed by atoms with E-state index in [1.54, 1.807) is 42.5 Å². The lowest BCUT2D eigenvalue weighted by Crippen LogP contribution is -2.21. The fraction of sp³-hybridized carbons (Fsp3) is 0.118. The monoisotopic (exact) mass is 327 g/mol. The Morgan fingerprint density at radius 3 is 2.57 bits per heavy atom. The molecule has 0 atom stereocenters. The molecule has 0 heterocycles. The second-order valence-electron chi connectivity index (χ2n) is 4.92. The number of nitrogens with one attached hydrogen (secondary N) is 2. The fourth-order valence-electron chi connectivity index (χ4n) is 1.98. The summed E-state index contributed by atoms with van der Waals surface area (Å²) < 4.78 is 0. The second-order valence-corrected chi connectivity index (χ2v) is 5.36. The number of benzene rings is 2. The summed E-state index contributed by atoms with van der Waals surface area (Å²) >= 11 is 5.85. The van der Waals surface area contributed by atoms with Gasteiger partial charge in [-0.05, 0) is 48.9 Å². The summed E-state index contributed by atoms with van der Waals surface area (Å²) in [7, 11) is 0. The Morgan fingerprint density at radius 1 is 1.13 bits per heavy atom. The third-order valence-corrected chi connectivity index (χ3v) is 3.29. The van der Waals surface area contributed by atoms with Crippen molar-refractivity contribution in [2.45, 2.75) is 13.3 Å². The van der Waals surface area contributed by atoms with Gasteiger partial charge in [-0.25, -0.2) is 0 Å². The predicted octanol–water partition coefficient (Wildman–Crippen LogP) is 3.49. The molecule has 2 N–H and O–H groups in total. The van der Waals surface area contributed by atoms with Crippen LogP contribution in [0.15, 0.2) is 42.5 Å². The maximum atomic E-state index is 11.9. The summed E-state index contributed by atoms with van der Waals surface area (Å²) in [5, 5.41) is 14.6. The maximum absolute atomic E-state index is 11.9. The molecule has 23 heavy (non-hydrogen) atoms. The Labute approximate surface area is 138 Å². The van der Waals surface area contributed by atoms with Crippen molar-refractivity contribution in [1.82, 2.24) is 0 Å². The van der Waals surface area contributed by atoms with Crippen LogP contribution in [0.2, 0.25) is 5.02 Å². The van der Waals surface area contributed by atoms with E-state index in [9.17, 15) is 9.59 Å². The molecule has 0 saturated carbocycles. The summed E-state index contributed by atoms with van der Waals surface area (Å²) in [5.41, 5.74) is 2.33. The minimum Gasteiger partial charge on any atom is -0.326 e.